The molecule has 0 aliphatic carbocycles. The van der Waals surface area contributed by atoms with E-state index in [-0.39, 0.29) is 16.6 Å². The number of nitrogens with two attached hydrogens (primary N) is 1. The van der Waals surface area contributed by atoms with Gasteiger partial charge in [0.05, 0.1) is 5.69 Å². The number of hydrogen-bond donors (Lipinski definition) is 2. The number of halogens is 1. The van der Waals surface area contributed by atoms with E-state index in [4.69, 9.17) is 17.3 Å². The van der Waals surface area contributed by atoms with Crippen molar-refractivity contribution in [3.05, 3.63) is 23.2 Å². The van der Waals surface area contributed by atoms with Crippen LogP contribution >= 0.6 is 11.6 Å². The van der Waals surface area contributed by atoms with Crippen molar-refractivity contribution in [1.29, 1.82) is 0 Å². The quantitative estimate of drug-likeness (QED) is 0.816. The van der Waals surface area contributed by atoms with Crippen LogP contribution in [0.15, 0.2) is 23.1 Å². The smallest absolute Gasteiger partial charge is 0.242 e. The molecule has 4 nitrogen and oxygen atoms in total. The van der Waals surface area contributed by atoms with E-state index in [9.17, 15) is 8.42 Å². The monoisotopic (exact) mass is 262 g/mol. The van der Waals surface area contributed by atoms with Crippen molar-refractivity contribution in [2.45, 2.75) is 31.2 Å². The van der Waals surface area contributed by atoms with Crippen molar-refractivity contribution in [3.8, 4) is 0 Å². The maximum Gasteiger partial charge on any atom is 0.242 e. The highest BCUT2D eigenvalue weighted by molar-refractivity contribution is 7.89. The molecule has 0 amide bonds. The number of sulfonamides is 1. The molecule has 1 aromatic rings. The lowest BCUT2D eigenvalue weighted by Gasteiger charge is -2.13. The summed E-state index contributed by atoms with van der Waals surface area (Å²) in [6.45, 7) is 3.70. The van der Waals surface area contributed by atoms with Crippen LogP contribution in [0.3, 0.4) is 0 Å². The minimum absolute atomic E-state index is 0.0669. The van der Waals surface area contributed by atoms with Gasteiger partial charge in [0.1, 0.15) is 4.90 Å². The van der Waals surface area contributed by atoms with E-state index in [0.29, 0.717) is 11.4 Å². The zero-order chi connectivity index (χ0) is 12.3. The summed E-state index contributed by atoms with van der Waals surface area (Å²) in [6, 6.07) is 4.21. The molecule has 0 radical (unpaired) electrons. The zero-order valence-corrected chi connectivity index (χ0v) is 10.8. The fourth-order valence-corrected chi connectivity index (χ4v) is 2.80. The lowest BCUT2D eigenvalue weighted by atomic mass is 10.3. The number of anilines is 1. The van der Waals surface area contributed by atoms with Gasteiger partial charge in [-0.2, -0.15) is 0 Å². The highest BCUT2D eigenvalue weighted by atomic mass is 35.5. The topological polar surface area (TPSA) is 72.2 Å². The van der Waals surface area contributed by atoms with E-state index in [0.717, 1.165) is 0 Å². The van der Waals surface area contributed by atoms with Crippen molar-refractivity contribution in [3.63, 3.8) is 0 Å². The third kappa shape index (κ3) is 3.10. The Bertz CT molecular complexity index is 474. The standard InChI is InChI=1S/C10H15ClN2O2S/c1-3-7(2)13-16(14,15)10-5-4-8(11)6-9(10)12/h4-7,13H,3,12H2,1-2H3. The highest BCUT2D eigenvalue weighted by Gasteiger charge is 2.19. The Morgan fingerprint density at radius 2 is 2.12 bits per heavy atom. The summed E-state index contributed by atoms with van der Waals surface area (Å²) in [5, 5.41) is 0.417. The van der Waals surface area contributed by atoms with Crippen LogP contribution in [0.25, 0.3) is 0 Å². The molecule has 0 aliphatic rings. The number of benzene rings is 1. The van der Waals surface area contributed by atoms with Gasteiger partial charge in [-0.3, -0.25) is 0 Å². The third-order valence-electron chi connectivity index (χ3n) is 2.23. The lowest BCUT2D eigenvalue weighted by molar-refractivity contribution is 0.556. The molecule has 0 saturated heterocycles. The normalized spacial score (nSPS) is 13.7. The predicted molar refractivity (Wildman–Crippen MR) is 65.9 cm³/mol. The maximum atomic E-state index is 11.9. The van der Waals surface area contributed by atoms with E-state index in [1.807, 2.05) is 6.92 Å². The van der Waals surface area contributed by atoms with Gasteiger partial charge in [-0.25, -0.2) is 13.1 Å². The Morgan fingerprint density at radius 3 is 2.62 bits per heavy atom. The average molecular weight is 263 g/mol. The van der Waals surface area contributed by atoms with Crippen LogP contribution in [0.2, 0.25) is 5.02 Å². The summed E-state index contributed by atoms with van der Waals surface area (Å²) < 4.78 is 26.3. The first kappa shape index (κ1) is 13.3. The van der Waals surface area contributed by atoms with Crippen LogP contribution in [-0.2, 0) is 10.0 Å². The van der Waals surface area contributed by atoms with Gasteiger partial charge in [-0.05, 0) is 31.5 Å². The molecule has 3 N–H and O–H groups in total. The first-order chi connectivity index (χ1) is 7.36. The fourth-order valence-electron chi connectivity index (χ4n) is 1.18. The summed E-state index contributed by atoms with van der Waals surface area (Å²) in [5.74, 6) is 0. The van der Waals surface area contributed by atoms with Crippen molar-refractivity contribution in [2.75, 3.05) is 5.73 Å². The first-order valence-corrected chi connectivity index (χ1v) is 6.80. The fraction of sp³-hybridized carbons (Fsp3) is 0.400. The first-order valence-electron chi connectivity index (χ1n) is 4.94. The number of nitrogens with one attached hydrogen (secondary N) is 1. The maximum absolute atomic E-state index is 11.9. The van der Waals surface area contributed by atoms with Gasteiger partial charge in [-0.1, -0.05) is 18.5 Å². The van der Waals surface area contributed by atoms with Gasteiger partial charge >= 0.3 is 0 Å². The second-order valence-electron chi connectivity index (χ2n) is 3.61. The van der Waals surface area contributed by atoms with Gasteiger partial charge in [-0.15, -0.1) is 0 Å². The third-order valence-corrected chi connectivity index (χ3v) is 4.13. The highest BCUT2D eigenvalue weighted by Crippen LogP contribution is 2.22. The van der Waals surface area contributed by atoms with Gasteiger partial charge < -0.3 is 5.73 Å². The molecule has 0 aromatic heterocycles. The van der Waals surface area contributed by atoms with Crippen LogP contribution in [-0.4, -0.2) is 14.5 Å². The summed E-state index contributed by atoms with van der Waals surface area (Å²) in [5.41, 5.74) is 5.78. The molecule has 0 spiro atoms. The summed E-state index contributed by atoms with van der Waals surface area (Å²) in [7, 11) is -3.55. The Labute approximate surface area is 101 Å². The van der Waals surface area contributed by atoms with Crippen LogP contribution < -0.4 is 10.5 Å². The van der Waals surface area contributed by atoms with Gasteiger partial charge in [0.2, 0.25) is 10.0 Å². The number of nitrogen functional groups attached to an aromatic ring is 1. The molecular formula is C10H15ClN2O2S. The Morgan fingerprint density at radius 1 is 1.50 bits per heavy atom. The number of hydrogen-bond acceptors (Lipinski definition) is 3. The molecule has 6 heteroatoms. The van der Waals surface area contributed by atoms with Crippen molar-refractivity contribution in [1.82, 2.24) is 4.72 Å². The molecule has 0 saturated carbocycles. The van der Waals surface area contributed by atoms with Crippen LogP contribution in [0.5, 0.6) is 0 Å². The Balaban J connectivity index is 3.08. The molecule has 16 heavy (non-hydrogen) atoms. The second-order valence-corrected chi connectivity index (χ2v) is 5.73. The molecule has 1 aromatic carbocycles. The minimum atomic E-state index is -3.55. The molecule has 90 valence electrons. The molecule has 1 unspecified atom stereocenters. The largest absolute Gasteiger partial charge is 0.398 e. The second kappa shape index (κ2) is 5.03. The van der Waals surface area contributed by atoms with E-state index >= 15 is 0 Å². The van der Waals surface area contributed by atoms with Gasteiger partial charge in [0, 0.05) is 11.1 Å². The SMILES string of the molecule is CCC(C)NS(=O)(=O)c1ccc(Cl)cc1N. The minimum Gasteiger partial charge on any atom is -0.398 e. The Kier molecular flexibility index (Phi) is 4.18. The van der Waals surface area contributed by atoms with Crippen molar-refractivity contribution >= 4 is 27.3 Å². The number of rotatable bonds is 4. The van der Waals surface area contributed by atoms with Crippen molar-refractivity contribution in [2.24, 2.45) is 0 Å². The van der Waals surface area contributed by atoms with Crippen LogP contribution in [0.1, 0.15) is 20.3 Å². The van der Waals surface area contributed by atoms with E-state index in [1.54, 1.807) is 6.92 Å². The molecule has 0 fully saturated rings. The van der Waals surface area contributed by atoms with Crippen LogP contribution in [0.4, 0.5) is 5.69 Å². The summed E-state index contributed by atoms with van der Waals surface area (Å²) in [4.78, 5) is 0.0669. The van der Waals surface area contributed by atoms with E-state index in [1.165, 1.54) is 18.2 Å². The van der Waals surface area contributed by atoms with E-state index < -0.39 is 10.0 Å². The van der Waals surface area contributed by atoms with Crippen molar-refractivity contribution < 1.29 is 8.42 Å². The Hall–Kier alpha value is -0.780. The molecule has 1 atom stereocenters. The predicted octanol–water partition coefficient (Wildman–Crippen LogP) is 2.00. The molecule has 0 aliphatic heterocycles. The van der Waals surface area contributed by atoms with E-state index in [2.05, 4.69) is 4.72 Å². The van der Waals surface area contributed by atoms with Gasteiger partial charge in [0.15, 0.2) is 0 Å². The molecular weight excluding hydrogens is 248 g/mol. The molecule has 0 bridgehead atoms. The summed E-state index contributed by atoms with van der Waals surface area (Å²) in [6.07, 6.45) is 0.715. The molecule has 1 rings (SSSR count). The molecule has 0 heterocycles. The lowest BCUT2D eigenvalue weighted by Crippen LogP contribution is -2.32. The average Bonchev–Trinajstić information content (AvgIpc) is 2.16. The van der Waals surface area contributed by atoms with Crippen LogP contribution in [0, 0.1) is 0 Å². The zero-order valence-electron chi connectivity index (χ0n) is 9.20. The van der Waals surface area contributed by atoms with Gasteiger partial charge in [0.25, 0.3) is 0 Å². The summed E-state index contributed by atoms with van der Waals surface area (Å²) >= 11 is 5.70.